The minimum Gasteiger partial charge on any atom is -0.352 e. The number of hydrogen-bond acceptors (Lipinski definition) is 2. The van der Waals surface area contributed by atoms with Crippen LogP contribution >= 0.6 is 0 Å². The van der Waals surface area contributed by atoms with Crippen molar-refractivity contribution in [3.8, 4) is 0 Å². The summed E-state index contributed by atoms with van der Waals surface area (Å²) in [6, 6.07) is 1.29. The second-order valence-corrected chi connectivity index (χ2v) is 3.39. The molecule has 0 aliphatic heterocycles. The van der Waals surface area contributed by atoms with Crippen LogP contribution < -0.4 is 11.1 Å². The van der Waals surface area contributed by atoms with Crippen LogP contribution in [0.15, 0.2) is 6.07 Å². The number of aromatic nitrogens is 1. The fourth-order valence-electron chi connectivity index (χ4n) is 1.58. The van der Waals surface area contributed by atoms with Gasteiger partial charge in [-0.25, -0.2) is 4.79 Å². The van der Waals surface area contributed by atoms with Crippen LogP contribution in [0.4, 0.5) is 4.79 Å². The Hall–Kier alpha value is -1.78. The molecule has 0 aliphatic rings. The van der Waals surface area contributed by atoms with E-state index in [1.54, 1.807) is 0 Å². The highest BCUT2D eigenvalue weighted by atomic mass is 16.2. The largest absolute Gasteiger partial charge is 0.352 e. The second-order valence-electron chi connectivity index (χ2n) is 3.39. The van der Waals surface area contributed by atoms with E-state index in [1.165, 1.54) is 0 Å². The number of aryl methyl sites for hydroxylation is 1. The molecular weight excluding hydrogens is 194 g/mol. The molecule has 0 atom stereocenters. The van der Waals surface area contributed by atoms with E-state index in [0.29, 0.717) is 18.7 Å². The van der Waals surface area contributed by atoms with Gasteiger partial charge in [0.25, 0.3) is 0 Å². The summed E-state index contributed by atoms with van der Waals surface area (Å²) in [5.41, 5.74) is 7.55. The minimum absolute atomic E-state index is 0.462. The Bertz CT molecular complexity index is 382. The lowest BCUT2D eigenvalue weighted by molar-refractivity contribution is 0.112. The molecule has 0 aromatic carbocycles. The first-order chi connectivity index (χ1) is 7.06. The first kappa shape index (κ1) is 11.3. The van der Waals surface area contributed by atoms with Gasteiger partial charge in [-0.1, -0.05) is 0 Å². The Morgan fingerprint density at radius 2 is 2.27 bits per heavy atom. The maximum absolute atomic E-state index is 10.7. The number of nitrogens with two attached hydrogens (primary N) is 1. The van der Waals surface area contributed by atoms with Gasteiger partial charge in [0.15, 0.2) is 6.29 Å². The van der Waals surface area contributed by atoms with Crippen molar-refractivity contribution in [3.63, 3.8) is 0 Å². The fourth-order valence-corrected chi connectivity index (χ4v) is 1.58. The summed E-state index contributed by atoms with van der Waals surface area (Å²) in [7, 11) is 0. The molecule has 3 N–H and O–H groups in total. The van der Waals surface area contributed by atoms with Crippen molar-refractivity contribution >= 4 is 12.3 Å². The van der Waals surface area contributed by atoms with E-state index in [9.17, 15) is 9.59 Å². The van der Waals surface area contributed by atoms with Gasteiger partial charge in [0.1, 0.15) is 0 Å². The van der Waals surface area contributed by atoms with Crippen molar-refractivity contribution in [1.29, 1.82) is 0 Å². The molecule has 15 heavy (non-hydrogen) atoms. The number of hydrogen-bond donors (Lipinski definition) is 2. The highest BCUT2D eigenvalue weighted by Crippen LogP contribution is 2.12. The Labute approximate surface area is 88.3 Å². The topological polar surface area (TPSA) is 77.1 Å². The highest BCUT2D eigenvalue weighted by Gasteiger charge is 2.07. The molecule has 0 spiro atoms. The van der Waals surface area contributed by atoms with Crippen LogP contribution in [0.2, 0.25) is 0 Å². The van der Waals surface area contributed by atoms with Gasteiger partial charge >= 0.3 is 6.03 Å². The third-order valence-electron chi connectivity index (χ3n) is 2.37. The highest BCUT2D eigenvalue weighted by molar-refractivity contribution is 5.77. The van der Waals surface area contributed by atoms with Crippen LogP contribution in [0.5, 0.6) is 0 Å². The normalized spacial score (nSPS) is 10.0. The molecule has 0 fully saturated rings. The van der Waals surface area contributed by atoms with Crippen molar-refractivity contribution in [2.24, 2.45) is 5.73 Å². The number of carbonyl (C=O) groups is 2. The molecule has 1 aromatic heterocycles. The van der Waals surface area contributed by atoms with E-state index >= 15 is 0 Å². The monoisotopic (exact) mass is 209 g/mol. The number of rotatable bonds is 4. The molecular formula is C10H15N3O2. The van der Waals surface area contributed by atoms with Gasteiger partial charge < -0.3 is 15.6 Å². The number of amides is 2. The van der Waals surface area contributed by atoms with Crippen molar-refractivity contribution in [3.05, 3.63) is 23.0 Å². The maximum Gasteiger partial charge on any atom is 0.312 e. The molecule has 1 aromatic rings. The Morgan fingerprint density at radius 3 is 2.73 bits per heavy atom. The van der Waals surface area contributed by atoms with Crippen LogP contribution in [0.3, 0.4) is 0 Å². The molecule has 5 nitrogen and oxygen atoms in total. The van der Waals surface area contributed by atoms with Gasteiger partial charge in [0.2, 0.25) is 0 Å². The molecule has 1 heterocycles. The Morgan fingerprint density at radius 1 is 1.60 bits per heavy atom. The smallest absolute Gasteiger partial charge is 0.312 e. The molecule has 2 amide bonds. The number of nitrogens with zero attached hydrogens (tertiary/aromatic N) is 1. The summed E-state index contributed by atoms with van der Waals surface area (Å²) >= 11 is 0. The molecule has 0 saturated carbocycles. The zero-order valence-electron chi connectivity index (χ0n) is 8.91. The second kappa shape index (κ2) is 4.63. The van der Waals surface area contributed by atoms with E-state index < -0.39 is 6.03 Å². The van der Waals surface area contributed by atoms with Gasteiger partial charge in [-0.15, -0.1) is 0 Å². The van der Waals surface area contributed by atoms with Gasteiger partial charge in [0.05, 0.1) is 0 Å². The molecule has 0 radical (unpaired) electrons. The van der Waals surface area contributed by atoms with Crippen LogP contribution in [0, 0.1) is 13.8 Å². The Balaban J connectivity index is 2.72. The average molecular weight is 209 g/mol. The van der Waals surface area contributed by atoms with E-state index in [1.807, 2.05) is 24.5 Å². The molecule has 0 bridgehead atoms. The zero-order valence-corrected chi connectivity index (χ0v) is 8.91. The van der Waals surface area contributed by atoms with E-state index in [0.717, 1.165) is 17.7 Å². The van der Waals surface area contributed by atoms with E-state index in [-0.39, 0.29) is 0 Å². The first-order valence-corrected chi connectivity index (χ1v) is 4.71. The quantitative estimate of drug-likeness (QED) is 0.712. The number of aldehydes is 1. The van der Waals surface area contributed by atoms with Crippen molar-refractivity contribution in [1.82, 2.24) is 9.88 Å². The van der Waals surface area contributed by atoms with Crippen LogP contribution in [-0.2, 0) is 6.54 Å². The number of carbonyl (C=O) groups excluding carboxylic acids is 2. The molecule has 1 rings (SSSR count). The summed E-state index contributed by atoms with van der Waals surface area (Å²) in [4.78, 5) is 21.1. The predicted molar refractivity (Wildman–Crippen MR) is 56.9 cm³/mol. The average Bonchev–Trinajstić information content (AvgIpc) is 2.44. The van der Waals surface area contributed by atoms with Crippen LogP contribution in [-0.4, -0.2) is 23.4 Å². The van der Waals surface area contributed by atoms with Gasteiger partial charge in [-0.3, -0.25) is 4.79 Å². The summed E-state index contributed by atoms with van der Waals surface area (Å²) < 4.78 is 1.97. The predicted octanol–water partition coefficient (Wildman–Crippen LogP) is 0.586. The molecule has 0 unspecified atom stereocenters. The van der Waals surface area contributed by atoms with Gasteiger partial charge in [-0.2, -0.15) is 0 Å². The standard InChI is InChI=1S/C10H15N3O2/c1-7-5-9(6-14)8(2)13(7)4-3-12-10(11)15/h5-6H,3-4H2,1-2H3,(H3,11,12,15). The third-order valence-corrected chi connectivity index (χ3v) is 2.37. The number of urea groups is 1. The first-order valence-electron chi connectivity index (χ1n) is 4.71. The van der Waals surface area contributed by atoms with Crippen molar-refractivity contribution in [2.45, 2.75) is 20.4 Å². The lowest BCUT2D eigenvalue weighted by atomic mass is 10.3. The number of primary amides is 1. The molecule has 0 aliphatic carbocycles. The van der Waals surface area contributed by atoms with E-state index in [2.05, 4.69) is 5.32 Å². The summed E-state index contributed by atoms with van der Waals surface area (Å²) in [5.74, 6) is 0. The minimum atomic E-state index is -0.534. The van der Waals surface area contributed by atoms with Crippen LogP contribution in [0.25, 0.3) is 0 Å². The summed E-state index contributed by atoms with van der Waals surface area (Å²) in [6.07, 6.45) is 0.834. The van der Waals surface area contributed by atoms with Crippen molar-refractivity contribution in [2.75, 3.05) is 6.54 Å². The summed E-state index contributed by atoms with van der Waals surface area (Å²) in [6.45, 7) is 4.88. The molecule has 82 valence electrons. The molecule has 0 saturated heterocycles. The number of nitrogens with one attached hydrogen (secondary N) is 1. The van der Waals surface area contributed by atoms with Crippen LogP contribution in [0.1, 0.15) is 21.7 Å². The Kier molecular flexibility index (Phi) is 3.49. The fraction of sp³-hybridized carbons (Fsp3) is 0.400. The maximum atomic E-state index is 10.7. The van der Waals surface area contributed by atoms with Crippen molar-refractivity contribution < 1.29 is 9.59 Å². The summed E-state index contributed by atoms with van der Waals surface area (Å²) in [5, 5.41) is 2.51. The zero-order chi connectivity index (χ0) is 11.4. The van der Waals surface area contributed by atoms with Gasteiger partial charge in [0, 0.05) is 30.0 Å². The lowest BCUT2D eigenvalue weighted by Gasteiger charge is -2.09. The van der Waals surface area contributed by atoms with E-state index in [4.69, 9.17) is 5.73 Å². The SMILES string of the molecule is Cc1cc(C=O)c(C)n1CCNC(N)=O. The lowest BCUT2D eigenvalue weighted by Crippen LogP contribution is -2.32. The molecule has 5 heteroatoms. The third kappa shape index (κ3) is 2.59. The van der Waals surface area contributed by atoms with Gasteiger partial charge in [-0.05, 0) is 19.9 Å².